The lowest BCUT2D eigenvalue weighted by Crippen LogP contribution is -2.47. The second kappa shape index (κ2) is 6.26. The van der Waals surface area contributed by atoms with Crippen LogP contribution in [0.1, 0.15) is 24.7 Å². The molecule has 102 valence electrons. The first-order valence-electron chi connectivity index (χ1n) is 6.46. The van der Waals surface area contributed by atoms with Crippen molar-refractivity contribution in [2.24, 2.45) is 0 Å². The lowest BCUT2D eigenvalue weighted by atomic mass is 10.2. The zero-order chi connectivity index (χ0) is 13.0. The standard InChI is InChI=1S/C12H22N4O2/c1-10(12-14-13-11(2)18-12)16-6-4-15(5-7-16)8-9-17-3/h10H,4-9H2,1-3H3/t10-/m0/s1. The van der Waals surface area contributed by atoms with Gasteiger partial charge in [0, 0.05) is 46.8 Å². The van der Waals surface area contributed by atoms with Gasteiger partial charge in [0.05, 0.1) is 12.6 Å². The summed E-state index contributed by atoms with van der Waals surface area (Å²) in [5.74, 6) is 1.36. The number of aromatic nitrogens is 2. The Kier molecular flexibility index (Phi) is 4.68. The third-order valence-corrected chi connectivity index (χ3v) is 3.47. The van der Waals surface area contributed by atoms with E-state index in [-0.39, 0.29) is 6.04 Å². The fraction of sp³-hybridized carbons (Fsp3) is 0.833. The molecular weight excluding hydrogens is 232 g/mol. The summed E-state index contributed by atoms with van der Waals surface area (Å²) in [6.07, 6.45) is 0. The Balaban J connectivity index is 1.82. The van der Waals surface area contributed by atoms with Gasteiger partial charge < -0.3 is 9.15 Å². The first-order chi connectivity index (χ1) is 8.70. The number of piperazine rings is 1. The van der Waals surface area contributed by atoms with Crippen molar-refractivity contribution in [2.75, 3.05) is 46.4 Å². The second-order valence-electron chi connectivity index (χ2n) is 4.71. The zero-order valence-corrected chi connectivity index (χ0v) is 11.4. The molecule has 0 amide bonds. The topological polar surface area (TPSA) is 54.6 Å². The predicted octanol–water partition coefficient (Wildman–Crippen LogP) is 0.703. The van der Waals surface area contributed by atoms with Gasteiger partial charge in [-0.05, 0) is 6.92 Å². The molecule has 1 aromatic rings. The molecule has 0 spiro atoms. The summed E-state index contributed by atoms with van der Waals surface area (Å²) >= 11 is 0. The van der Waals surface area contributed by atoms with Crippen LogP contribution in [0.15, 0.2) is 4.42 Å². The second-order valence-corrected chi connectivity index (χ2v) is 4.71. The molecule has 0 aromatic carbocycles. The molecule has 1 atom stereocenters. The van der Waals surface area contributed by atoms with Crippen molar-refractivity contribution in [3.63, 3.8) is 0 Å². The van der Waals surface area contributed by atoms with Crippen LogP contribution in [0, 0.1) is 6.92 Å². The Bertz CT molecular complexity index is 361. The van der Waals surface area contributed by atoms with Crippen LogP contribution in [0.25, 0.3) is 0 Å². The van der Waals surface area contributed by atoms with Crippen molar-refractivity contribution in [3.8, 4) is 0 Å². The number of ether oxygens (including phenoxy) is 1. The molecule has 1 saturated heterocycles. The summed E-state index contributed by atoms with van der Waals surface area (Å²) in [6.45, 7) is 9.97. The van der Waals surface area contributed by atoms with Crippen LogP contribution in [-0.4, -0.2) is 66.4 Å². The van der Waals surface area contributed by atoms with E-state index in [0.29, 0.717) is 5.89 Å². The minimum Gasteiger partial charge on any atom is -0.424 e. The van der Waals surface area contributed by atoms with Gasteiger partial charge in [0.25, 0.3) is 0 Å². The maximum Gasteiger partial charge on any atom is 0.233 e. The van der Waals surface area contributed by atoms with Gasteiger partial charge in [0.15, 0.2) is 0 Å². The van der Waals surface area contributed by atoms with E-state index in [4.69, 9.17) is 9.15 Å². The van der Waals surface area contributed by atoms with Crippen LogP contribution < -0.4 is 0 Å². The quantitative estimate of drug-likeness (QED) is 0.771. The average Bonchev–Trinajstić information content (AvgIpc) is 2.83. The van der Waals surface area contributed by atoms with Crippen molar-refractivity contribution < 1.29 is 9.15 Å². The van der Waals surface area contributed by atoms with E-state index >= 15 is 0 Å². The zero-order valence-electron chi connectivity index (χ0n) is 11.4. The van der Waals surface area contributed by atoms with Gasteiger partial charge in [-0.15, -0.1) is 10.2 Å². The minimum atomic E-state index is 0.204. The number of hydrogen-bond acceptors (Lipinski definition) is 6. The summed E-state index contributed by atoms with van der Waals surface area (Å²) in [5.41, 5.74) is 0. The monoisotopic (exact) mass is 254 g/mol. The maximum absolute atomic E-state index is 5.49. The molecule has 1 fully saturated rings. The molecule has 0 saturated carbocycles. The molecule has 1 aromatic heterocycles. The molecule has 0 aliphatic carbocycles. The Labute approximate surface area is 108 Å². The highest BCUT2D eigenvalue weighted by Gasteiger charge is 2.24. The SMILES string of the molecule is COCCN1CCN([C@@H](C)c2nnc(C)o2)CC1. The molecule has 0 N–H and O–H groups in total. The van der Waals surface area contributed by atoms with Crippen molar-refractivity contribution in [3.05, 3.63) is 11.8 Å². The van der Waals surface area contributed by atoms with Crippen LogP contribution in [0.2, 0.25) is 0 Å². The molecule has 1 aliphatic heterocycles. The smallest absolute Gasteiger partial charge is 0.233 e. The van der Waals surface area contributed by atoms with Gasteiger partial charge in [-0.2, -0.15) is 0 Å². The Morgan fingerprint density at radius 2 is 2.00 bits per heavy atom. The summed E-state index contributed by atoms with van der Waals surface area (Å²) in [5, 5.41) is 7.99. The molecule has 1 aliphatic rings. The first kappa shape index (κ1) is 13.5. The summed E-state index contributed by atoms with van der Waals surface area (Å²) in [6, 6.07) is 0.204. The van der Waals surface area contributed by atoms with Gasteiger partial charge in [-0.3, -0.25) is 9.80 Å². The summed E-state index contributed by atoms with van der Waals surface area (Å²) < 4.78 is 10.6. The molecule has 6 nitrogen and oxygen atoms in total. The van der Waals surface area contributed by atoms with Crippen LogP contribution in [0.3, 0.4) is 0 Å². The van der Waals surface area contributed by atoms with Gasteiger partial charge in [0.2, 0.25) is 11.8 Å². The molecule has 0 bridgehead atoms. The van der Waals surface area contributed by atoms with Gasteiger partial charge >= 0.3 is 0 Å². The summed E-state index contributed by atoms with van der Waals surface area (Å²) in [4.78, 5) is 4.81. The van der Waals surface area contributed by atoms with Gasteiger partial charge in [-0.1, -0.05) is 0 Å². The van der Waals surface area contributed by atoms with E-state index in [1.165, 1.54) is 0 Å². The predicted molar refractivity (Wildman–Crippen MR) is 67.3 cm³/mol. The fourth-order valence-corrected chi connectivity index (χ4v) is 2.23. The van der Waals surface area contributed by atoms with Crippen LogP contribution in [0.4, 0.5) is 0 Å². The van der Waals surface area contributed by atoms with Crippen molar-refractivity contribution in [1.82, 2.24) is 20.0 Å². The van der Waals surface area contributed by atoms with Crippen molar-refractivity contribution >= 4 is 0 Å². The van der Waals surface area contributed by atoms with E-state index in [2.05, 4.69) is 26.9 Å². The van der Waals surface area contributed by atoms with Crippen LogP contribution >= 0.6 is 0 Å². The third kappa shape index (κ3) is 3.28. The molecular formula is C12H22N4O2. The Morgan fingerprint density at radius 1 is 1.28 bits per heavy atom. The molecule has 6 heteroatoms. The molecule has 0 radical (unpaired) electrons. The van der Waals surface area contributed by atoms with Gasteiger partial charge in [0.1, 0.15) is 0 Å². The van der Waals surface area contributed by atoms with E-state index in [1.807, 2.05) is 6.92 Å². The minimum absolute atomic E-state index is 0.204. The van der Waals surface area contributed by atoms with Crippen molar-refractivity contribution in [1.29, 1.82) is 0 Å². The van der Waals surface area contributed by atoms with E-state index in [9.17, 15) is 0 Å². The van der Waals surface area contributed by atoms with E-state index < -0.39 is 0 Å². The fourth-order valence-electron chi connectivity index (χ4n) is 2.23. The molecule has 2 heterocycles. The number of methoxy groups -OCH3 is 1. The molecule has 0 unspecified atom stereocenters. The summed E-state index contributed by atoms with van der Waals surface area (Å²) in [7, 11) is 1.75. The highest BCUT2D eigenvalue weighted by Crippen LogP contribution is 2.20. The number of hydrogen-bond donors (Lipinski definition) is 0. The highest BCUT2D eigenvalue weighted by molar-refractivity contribution is 4.89. The lowest BCUT2D eigenvalue weighted by molar-refractivity contribution is 0.0713. The number of aryl methyl sites for hydroxylation is 1. The van der Waals surface area contributed by atoms with Crippen LogP contribution in [0.5, 0.6) is 0 Å². The molecule has 18 heavy (non-hydrogen) atoms. The third-order valence-electron chi connectivity index (χ3n) is 3.47. The van der Waals surface area contributed by atoms with E-state index in [0.717, 1.165) is 45.2 Å². The Morgan fingerprint density at radius 3 is 2.56 bits per heavy atom. The largest absolute Gasteiger partial charge is 0.424 e. The highest BCUT2D eigenvalue weighted by atomic mass is 16.5. The average molecular weight is 254 g/mol. The normalized spacial score (nSPS) is 20.2. The Hall–Kier alpha value is -0.980. The molecule has 2 rings (SSSR count). The lowest BCUT2D eigenvalue weighted by Gasteiger charge is -2.36. The maximum atomic E-state index is 5.49. The number of nitrogens with zero attached hydrogens (tertiary/aromatic N) is 4. The first-order valence-corrected chi connectivity index (χ1v) is 6.46. The number of rotatable bonds is 5. The van der Waals surface area contributed by atoms with Crippen LogP contribution in [-0.2, 0) is 4.74 Å². The van der Waals surface area contributed by atoms with Gasteiger partial charge in [-0.25, -0.2) is 0 Å². The van der Waals surface area contributed by atoms with Crippen molar-refractivity contribution in [2.45, 2.75) is 19.9 Å². The van der Waals surface area contributed by atoms with E-state index in [1.54, 1.807) is 7.11 Å².